The summed E-state index contributed by atoms with van der Waals surface area (Å²) in [5, 5.41) is -0.0647. The van der Waals surface area contributed by atoms with Crippen LogP contribution in [-0.2, 0) is 22.1 Å². The molecule has 0 fully saturated rings. The number of nitrogens with zero attached hydrogens (tertiary/aromatic N) is 2. The second kappa shape index (κ2) is 11.9. The maximum absolute atomic E-state index is 13.2. The molecule has 3 rings (SSSR count). The number of carbonyl (C=O) groups excluding carboxylic acids is 3. The highest BCUT2D eigenvalue weighted by Gasteiger charge is 2.34. The van der Waals surface area contributed by atoms with Crippen LogP contribution in [0.15, 0.2) is 60.8 Å². The smallest absolute Gasteiger partial charge is 0.434 e. The number of aryl methyl sites for hydroxylation is 1. The van der Waals surface area contributed by atoms with E-state index in [1.807, 2.05) is 25.1 Å². The van der Waals surface area contributed by atoms with Crippen LogP contribution in [-0.4, -0.2) is 28.4 Å². The van der Waals surface area contributed by atoms with Crippen molar-refractivity contribution in [3.05, 3.63) is 82.6 Å². The normalized spacial score (nSPS) is 11.6. The molecule has 1 N–H and O–H groups in total. The number of ether oxygens (including phenoxy) is 1. The Morgan fingerprint density at radius 2 is 1.69 bits per heavy atom. The molecule has 0 unspecified atom stereocenters. The summed E-state index contributed by atoms with van der Waals surface area (Å²) in [7, 11) is 0. The number of ketones is 1. The third kappa shape index (κ3) is 8.03. The highest BCUT2D eigenvalue weighted by molar-refractivity contribution is 6.31. The van der Waals surface area contributed by atoms with Crippen molar-refractivity contribution in [2.75, 3.05) is 5.01 Å². The van der Waals surface area contributed by atoms with Gasteiger partial charge in [0.2, 0.25) is 5.91 Å². The van der Waals surface area contributed by atoms with E-state index in [-0.39, 0.29) is 11.3 Å². The van der Waals surface area contributed by atoms with E-state index in [1.165, 1.54) is 0 Å². The molecular weight excluding hydrogens is 535 g/mol. The number of hydrazine groups is 1. The minimum atomic E-state index is -4.72. The molecule has 1 aromatic heterocycles. The van der Waals surface area contributed by atoms with Crippen LogP contribution in [0.5, 0.6) is 0 Å². The van der Waals surface area contributed by atoms with Crippen LogP contribution in [0.1, 0.15) is 55.7 Å². The van der Waals surface area contributed by atoms with E-state index in [1.54, 1.807) is 45.2 Å². The molecule has 0 bridgehead atoms. The topological polar surface area (TPSA) is 88.6 Å². The molecule has 0 saturated carbocycles. The maximum atomic E-state index is 13.2. The van der Waals surface area contributed by atoms with E-state index >= 15 is 0 Å². The van der Waals surface area contributed by atoms with Gasteiger partial charge < -0.3 is 4.74 Å². The zero-order chi connectivity index (χ0) is 29.0. The fraction of sp³-hybridized carbons (Fsp3) is 0.286. The van der Waals surface area contributed by atoms with Crippen LogP contribution in [0.4, 0.5) is 23.7 Å². The van der Waals surface area contributed by atoms with Gasteiger partial charge in [0.1, 0.15) is 5.60 Å². The van der Waals surface area contributed by atoms with Crippen molar-refractivity contribution in [1.29, 1.82) is 0 Å². The predicted molar refractivity (Wildman–Crippen MR) is 141 cm³/mol. The number of amides is 2. The van der Waals surface area contributed by atoms with Crippen molar-refractivity contribution >= 4 is 35.1 Å². The number of rotatable bonds is 6. The van der Waals surface area contributed by atoms with Crippen LogP contribution >= 0.6 is 11.6 Å². The van der Waals surface area contributed by atoms with Gasteiger partial charge in [-0.05, 0) is 74.7 Å². The van der Waals surface area contributed by atoms with Gasteiger partial charge in [-0.3, -0.25) is 20.0 Å². The Morgan fingerprint density at radius 3 is 2.31 bits per heavy atom. The molecule has 7 nitrogen and oxygen atoms in total. The Bertz CT molecular complexity index is 1390. The molecule has 2 aromatic carbocycles. The number of nitrogens with one attached hydrogen (secondary N) is 1. The second-order valence-corrected chi connectivity index (χ2v) is 9.99. The Balaban J connectivity index is 1.83. The summed E-state index contributed by atoms with van der Waals surface area (Å²) in [5.74, 6) is -1.42. The third-order valence-corrected chi connectivity index (χ3v) is 5.66. The maximum Gasteiger partial charge on any atom is 0.434 e. The van der Waals surface area contributed by atoms with Gasteiger partial charge in [-0.1, -0.05) is 36.7 Å². The largest absolute Gasteiger partial charge is 0.442 e. The van der Waals surface area contributed by atoms with Crippen LogP contribution in [0.2, 0.25) is 5.02 Å². The Labute approximate surface area is 228 Å². The summed E-state index contributed by atoms with van der Waals surface area (Å²) in [4.78, 5) is 42.9. The van der Waals surface area contributed by atoms with Gasteiger partial charge in [0, 0.05) is 17.5 Å². The van der Waals surface area contributed by atoms with Crippen LogP contribution in [0.3, 0.4) is 0 Å². The predicted octanol–water partition coefficient (Wildman–Crippen LogP) is 7.03. The molecule has 11 heteroatoms. The average Bonchev–Trinajstić information content (AvgIpc) is 2.85. The van der Waals surface area contributed by atoms with Gasteiger partial charge in [0.15, 0.2) is 5.78 Å². The molecule has 0 aliphatic heterocycles. The van der Waals surface area contributed by atoms with Crippen molar-refractivity contribution in [3.63, 3.8) is 0 Å². The number of hydrogen-bond acceptors (Lipinski definition) is 5. The number of halogens is 4. The molecule has 39 heavy (non-hydrogen) atoms. The van der Waals surface area contributed by atoms with E-state index in [0.717, 1.165) is 35.4 Å². The number of carbonyl (C=O) groups is 3. The minimum Gasteiger partial charge on any atom is -0.442 e. The number of Topliss-reactive ketones (excluding diaryl/α,β-unsaturated/α-hetero) is 1. The number of anilines is 1. The first-order valence-corrected chi connectivity index (χ1v) is 12.3. The monoisotopic (exact) mass is 561 g/mol. The Hall–Kier alpha value is -3.92. The van der Waals surface area contributed by atoms with Crippen molar-refractivity contribution < 1.29 is 32.3 Å². The van der Waals surface area contributed by atoms with Crippen molar-refractivity contribution in [2.24, 2.45) is 0 Å². The highest BCUT2D eigenvalue weighted by Crippen LogP contribution is 2.36. The first-order valence-electron chi connectivity index (χ1n) is 12.0. The Kier molecular flexibility index (Phi) is 9.01. The fourth-order valence-electron chi connectivity index (χ4n) is 3.53. The third-order valence-electron chi connectivity index (χ3n) is 5.35. The van der Waals surface area contributed by atoms with Crippen molar-refractivity contribution in [3.8, 4) is 11.1 Å². The lowest BCUT2D eigenvalue weighted by Gasteiger charge is -2.28. The lowest BCUT2D eigenvalue weighted by molar-refractivity contribution is -0.137. The van der Waals surface area contributed by atoms with Crippen LogP contribution < -0.4 is 10.4 Å². The molecule has 3 aromatic rings. The van der Waals surface area contributed by atoms with Crippen molar-refractivity contribution in [2.45, 2.75) is 52.3 Å². The van der Waals surface area contributed by atoms with Crippen LogP contribution in [0, 0.1) is 0 Å². The first-order chi connectivity index (χ1) is 18.2. The Morgan fingerprint density at radius 1 is 1.00 bits per heavy atom. The fourth-order valence-corrected chi connectivity index (χ4v) is 3.81. The highest BCUT2D eigenvalue weighted by atomic mass is 35.5. The van der Waals surface area contributed by atoms with E-state index in [2.05, 4.69) is 10.4 Å². The summed E-state index contributed by atoms with van der Waals surface area (Å²) in [5.41, 5.74) is 2.73. The van der Waals surface area contributed by atoms with Gasteiger partial charge in [0.05, 0.1) is 22.7 Å². The lowest BCUT2D eigenvalue weighted by Crippen LogP contribution is -2.49. The van der Waals surface area contributed by atoms with E-state index in [4.69, 9.17) is 16.3 Å². The molecule has 2 amide bonds. The first kappa shape index (κ1) is 29.6. The van der Waals surface area contributed by atoms with Gasteiger partial charge in [-0.2, -0.15) is 18.2 Å². The van der Waals surface area contributed by atoms with Crippen molar-refractivity contribution in [1.82, 2.24) is 10.4 Å². The zero-order valence-corrected chi connectivity index (χ0v) is 22.5. The zero-order valence-electron chi connectivity index (χ0n) is 21.7. The van der Waals surface area contributed by atoms with Gasteiger partial charge in [-0.15, -0.1) is 0 Å². The number of hydrogen-bond donors (Lipinski definition) is 1. The van der Waals surface area contributed by atoms with Gasteiger partial charge in [0.25, 0.3) is 0 Å². The molecule has 1 heterocycles. The molecule has 0 spiro atoms. The van der Waals surface area contributed by atoms with Gasteiger partial charge >= 0.3 is 12.3 Å². The number of alkyl halides is 3. The number of pyridine rings is 1. The molecule has 0 radical (unpaired) electrons. The molecule has 0 atom stereocenters. The summed E-state index contributed by atoms with van der Waals surface area (Å²) < 4.78 is 44.7. The molecular formula is C28H27ClF3N3O4. The number of benzene rings is 2. The lowest BCUT2D eigenvalue weighted by atomic mass is 10.00. The quantitative estimate of drug-likeness (QED) is 0.198. The average molecular weight is 562 g/mol. The molecule has 0 aliphatic rings. The van der Waals surface area contributed by atoms with Crippen LogP contribution in [0.25, 0.3) is 11.1 Å². The standard InChI is InChI=1S/C28H27ClF3N3O4/c1-5-20-14-18(11-12-33-20)17-7-6-8-19(13-17)24(36)16-25(37)34-35(26(38)39-27(2,3)4)21-9-10-22(23(29)15-21)28(30,31)32/h6-15H,5,16H2,1-4H3,(H,34,37). The summed E-state index contributed by atoms with van der Waals surface area (Å²) in [6.07, 6.45) is -4.02. The van der Waals surface area contributed by atoms with Gasteiger partial charge in [-0.25, -0.2) is 4.79 Å². The SMILES string of the molecule is CCc1cc(-c2cccc(C(=O)CC(=O)NN(C(=O)OC(C)(C)C)c3ccc(C(F)(F)F)c(Cl)c3)c2)ccn1. The number of aromatic nitrogens is 1. The molecule has 206 valence electrons. The molecule has 0 aliphatic carbocycles. The van der Waals surface area contributed by atoms with E-state index < -0.39 is 46.6 Å². The molecule has 0 saturated heterocycles. The second-order valence-electron chi connectivity index (χ2n) is 9.58. The minimum absolute atomic E-state index is 0.186. The van der Waals surface area contributed by atoms with E-state index in [9.17, 15) is 27.6 Å². The summed E-state index contributed by atoms with van der Waals surface area (Å²) >= 11 is 5.81. The van der Waals surface area contributed by atoms with E-state index in [0.29, 0.717) is 11.1 Å². The summed E-state index contributed by atoms with van der Waals surface area (Å²) in [6.45, 7) is 6.71. The summed E-state index contributed by atoms with van der Waals surface area (Å²) in [6, 6.07) is 12.9.